The van der Waals surface area contributed by atoms with Gasteiger partial charge in [-0.2, -0.15) is 0 Å². The van der Waals surface area contributed by atoms with Crippen LogP contribution in [0.4, 0.5) is 5.69 Å². The van der Waals surface area contributed by atoms with Gasteiger partial charge < -0.3 is 8.98 Å². The molecule has 144 valence electrons. The molecule has 0 saturated heterocycles. The van der Waals surface area contributed by atoms with Gasteiger partial charge in [0, 0.05) is 36.2 Å². The largest absolute Gasteiger partial charge is 0.460 e. The van der Waals surface area contributed by atoms with Gasteiger partial charge >= 0.3 is 0 Å². The van der Waals surface area contributed by atoms with Crippen molar-refractivity contribution >= 4 is 35.0 Å². The Hall–Kier alpha value is -3.66. The smallest absolute Gasteiger partial charge is 0.151 e. The maximum Gasteiger partial charge on any atom is 0.151 e. The van der Waals surface area contributed by atoms with Crippen molar-refractivity contribution in [3.8, 4) is 11.3 Å². The van der Waals surface area contributed by atoms with E-state index in [9.17, 15) is 0 Å². The molecule has 0 spiro atoms. The van der Waals surface area contributed by atoms with Gasteiger partial charge in [-0.15, -0.1) is 0 Å². The van der Waals surface area contributed by atoms with Crippen LogP contribution < -0.4 is 0 Å². The van der Waals surface area contributed by atoms with Gasteiger partial charge in [0.15, 0.2) is 5.82 Å². The molecule has 0 aliphatic rings. The molecule has 4 heteroatoms. The molecule has 0 saturated carbocycles. The first-order valence-electron chi connectivity index (χ1n) is 9.62. The summed E-state index contributed by atoms with van der Waals surface area (Å²) in [5.74, 6) is 1.71. The van der Waals surface area contributed by atoms with Gasteiger partial charge in [0.05, 0.1) is 23.2 Å². The fourth-order valence-corrected chi connectivity index (χ4v) is 3.53. The van der Waals surface area contributed by atoms with E-state index < -0.39 is 0 Å². The molecule has 0 bridgehead atoms. The highest BCUT2D eigenvalue weighted by molar-refractivity contribution is 5.95. The number of nitrogens with zero attached hydrogens (tertiary/aromatic N) is 3. The lowest BCUT2D eigenvalue weighted by Crippen LogP contribution is -1.95. The van der Waals surface area contributed by atoms with Gasteiger partial charge in [-0.1, -0.05) is 68.6 Å². The third-order valence-electron chi connectivity index (χ3n) is 5.01. The van der Waals surface area contributed by atoms with E-state index in [1.165, 1.54) is 0 Å². The molecule has 4 nitrogen and oxygen atoms in total. The summed E-state index contributed by atoms with van der Waals surface area (Å²) in [7, 11) is 1.97. The zero-order chi connectivity index (χ0) is 20.4. The second-order valence-electron chi connectivity index (χ2n) is 6.80. The summed E-state index contributed by atoms with van der Waals surface area (Å²) >= 11 is 0. The molecule has 0 unspecified atom stereocenters. The zero-order valence-electron chi connectivity index (χ0n) is 16.7. The van der Waals surface area contributed by atoms with Gasteiger partial charge in [0.1, 0.15) is 11.3 Å². The first kappa shape index (κ1) is 18.7. The van der Waals surface area contributed by atoms with Crippen LogP contribution in [-0.2, 0) is 13.5 Å². The molecule has 2 heterocycles. The molecule has 0 aliphatic heterocycles. The monoisotopic (exact) mass is 381 g/mol. The summed E-state index contributed by atoms with van der Waals surface area (Å²) in [6.45, 7) is 9.86. The number of rotatable bonds is 6. The van der Waals surface area contributed by atoms with Gasteiger partial charge in [-0.05, 0) is 6.07 Å². The Morgan fingerprint density at radius 1 is 1.07 bits per heavy atom. The topological polar surface area (TPSA) is 43.3 Å². The van der Waals surface area contributed by atoms with Crippen LogP contribution in [-0.4, -0.2) is 15.8 Å². The summed E-state index contributed by atoms with van der Waals surface area (Å²) in [5.41, 5.74) is 5.58. The molecule has 0 radical (unpaired) electrons. The number of imidazole rings is 1. The lowest BCUT2D eigenvalue weighted by Gasteiger charge is -2.04. The molecule has 4 rings (SSSR count). The molecule has 4 aromatic rings. The molecule has 0 atom stereocenters. The predicted molar refractivity (Wildman–Crippen MR) is 122 cm³/mol. The summed E-state index contributed by atoms with van der Waals surface area (Å²) in [4.78, 5) is 9.54. The highest BCUT2D eigenvalue weighted by atomic mass is 16.3. The van der Waals surface area contributed by atoms with Crippen LogP contribution in [0.5, 0.6) is 0 Å². The molecular weight excluding hydrogens is 358 g/mol. The van der Waals surface area contributed by atoms with Crippen LogP contribution in [0.1, 0.15) is 29.6 Å². The van der Waals surface area contributed by atoms with Crippen molar-refractivity contribution in [3.63, 3.8) is 0 Å². The third-order valence-corrected chi connectivity index (χ3v) is 5.01. The zero-order valence-corrected chi connectivity index (χ0v) is 16.7. The van der Waals surface area contributed by atoms with Crippen LogP contribution in [0, 0.1) is 0 Å². The number of aliphatic imine (C=N–C) groups is 1. The lowest BCUT2D eigenvalue weighted by molar-refractivity contribution is 0.558. The van der Waals surface area contributed by atoms with Crippen LogP contribution >= 0.6 is 0 Å². The SMILES string of the molecule is C=Cc1cccc(C=C)c1N=Cc1nc(-c2c(CC)oc3ccccc23)cn1C. The van der Waals surface area contributed by atoms with E-state index in [0.717, 1.165) is 57.0 Å². The second-order valence-corrected chi connectivity index (χ2v) is 6.80. The number of hydrogen-bond donors (Lipinski definition) is 0. The standard InChI is InChI=1S/C25H23N3O/c1-5-17-11-10-12-18(6-2)25(17)26-15-23-27-20(16-28(23)4)24-19-13-8-9-14-22(19)29-21(24)7-3/h5-6,8-16H,1-2,7H2,3-4H3. The molecule has 29 heavy (non-hydrogen) atoms. The Labute approximate surface area is 170 Å². The Kier molecular flexibility index (Phi) is 5.00. The van der Waals surface area contributed by atoms with E-state index >= 15 is 0 Å². The van der Waals surface area contributed by atoms with Crippen LogP contribution in [0.25, 0.3) is 34.4 Å². The number of aryl methyl sites for hydroxylation is 2. The minimum atomic E-state index is 0.765. The van der Waals surface area contributed by atoms with E-state index in [1.807, 2.05) is 54.2 Å². The summed E-state index contributed by atoms with van der Waals surface area (Å²) in [6.07, 6.45) is 8.21. The van der Waals surface area contributed by atoms with Gasteiger partial charge in [0.25, 0.3) is 0 Å². The van der Waals surface area contributed by atoms with E-state index in [0.29, 0.717) is 0 Å². The van der Waals surface area contributed by atoms with E-state index in [-0.39, 0.29) is 0 Å². The molecular formula is C25H23N3O. The minimum absolute atomic E-state index is 0.765. The summed E-state index contributed by atoms with van der Waals surface area (Å²) < 4.78 is 8.01. The number of furan rings is 1. The van der Waals surface area contributed by atoms with E-state index in [1.54, 1.807) is 18.4 Å². The van der Waals surface area contributed by atoms with Crippen molar-refractivity contribution in [3.05, 3.63) is 84.5 Å². The fraction of sp³-hybridized carbons (Fsp3) is 0.120. The summed E-state index contributed by atoms with van der Waals surface area (Å²) in [5, 5.41) is 1.08. The second kappa shape index (κ2) is 7.76. The fourth-order valence-electron chi connectivity index (χ4n) is 3.53. The average Bonchev–Trinajstić information content (AvgIpc) is 3.31. The van der Waals surface area contributed by atoms with Crippen molar-refractivity contribution in [2.75, 3.05) is 0 Å². The van der Waals surface area contributed by atoms with E-state index in [4.69, 9.17) is 14.4 Å². The highest BCUT2D eigenvalue weighted by Crippen LogP contribution is 2.34. The Morgan fingerprint density at radius 3 is 2.48 bits per heavy atom. The van der Waals surface area contributed by atoms with Gasteiger partial charge in [-0.3, -0.25) is 4.99 Å². The Balaban J connectivity index is 1.79. The number of fused-ring (bicyclic) bond motifs is 1. The molecule has 0 fully saturated rings. The van der Waals surface area contributed by atoms with Crippen LogP contribution in [0.3, 0.4) is 0 Å². The molecule has 0 aliphatic carbocycles. The molecule has 2 aromatic carbocycles. The quantitative estimate of drug-likeness (QED) is 0.361. The van der Waals surface area contributed by atoms with Gasteiger partial charge in [-0.25, -0.2) is 4.98 Å². The van der Waals surface area contributed by atoms with Crippen LogP contribution in [0.15, 0.2) is 71.2 Å². The predicted octanol–water partition coefficient (Wildman–Crippen LogP) is 6.43. The first-order chi connectivity index (χ1) is 14.2. The Bertz CT molecular complexity index is 1210. The minimum Gasteiger partial charge on any atom is -0.460 e. The maximum absolute atomic E-state index is 6.04. The van der Waals surface area contributed by atoms with Crippen molar-refractivity contribution in [2.24, 2.45) is 12.0 Å². The number of benzene rings is 2. The number of para-hydroxylation sites is 2. The molecule has 2 aromatic heterocycles. The Morgan fingerprint density at radius 2 is 1.79 bits per heavy atom. The van der Waals surface area contributed by atoms with Crippen molar-refractivity contribution < 1.29 is 4.42 Å². The lowest BCUT2D eigenvalue weighted by atomic mass is 10.1. The van der Waals surface area contributed by atoms with Crippen molar-refractivity contribution in [1.29, 1.82) is 0 Å². The normalized spacial score (nSPS) is 11.4. The first-order valence-corrected chi connectivity index (χ1v) is 9.62. The van der Waals surface area contributed by atoms with Crippen molar-refractivity contribution in [1.82, 2.24) is 9.55 Å². The van der Waals surface area contributed by atoms with Gasteiger partial charge in [0.2, 0.25) is 0 Å². The molecule has 0 amide bonds. The average molecular weight is 381 g/mol. The van der Waals surface area contributed by atoms with E-state index in [2.05, 4.69) is 26.1 Å². The molecule has 0 N–H and O–H groups in total. The number of hydrogen-bond acceptors (Lipinski definition) is 3. The number of aromatic nitrogens is 2. The van der Waals surface area contributed by atoms with Crippen LogP contribution in [0.2, 0.25) is 0 Å². The maximum atomic E-state index is 6.04. The van der Waals surface area contributed by atoms with Crippen molar-refractivity contribution in [2.45, 2.75) is 13.3 Å². The third kappa shape index (κ3) is 3.34. The highest BCUT2D eigenvalue weighted by Gasteiger charge is 2.17. The summed E-state index contributed by atoms with van der Waals surface area (Å²) in [6, 6.07) is 14.0.